The van der Waals surface area contributed by atoms with Crippen LogP contribution in [0.25, 0.3) is 0 Å². The van der Waals surface area contributed by atoms with Gasteiger partial charge >= 0.3 is 0 Å². The van der Waals surface area contributed by atoms with Crippen molar-refractivity contribution in [3.05, 3.63) is 59.2 Å². The van der Waals surface area contributed by atoms with E-state index in [0.717, 1.165) is 11.3 Å². The van der Waals surface area contributed by atoms with E-state index in [1.165, 1.54) is 5.56 Å². The Kier molecular flexibility index (Phi) is 6.94. The van der Waals surface area contributed by atoms with Crippen molar-refractivity contribution in [2.24, 2.45) is 0 Å². The van der Waals surface area contributed by atoms with E-state index < -0.39 is 10.0 Å². The predicted octanol–water partition coefficient (Wildman–Crippen LogP) is 5.16. The number of nitrogens with one attached hydrogen (secondary N) is 1. The molecule has 0 radical (unpaired) electrons. The van der Waals surface area contributed by atoms with E-state index in [2.05, 4.69) is 30.7 Å². The molecule has 0 fully saturated rings. The molecule has 0 aromatic heterocycles. The number of methoxy groups -OCH3 is 1. The minimum absolute atomic E-state index is 0.138. The molecule has 0 spiro atoms. The summed E-state index contributed by atoms with van der Waals surface area (Å²) in [5.41, 5.74) is 2.64. The third kappa shape index (κ3) is 5.15. The number of sulfonamides is 1. The summed E-state index contributed by atoms with van der Waals surface area (Å²) in [7, 11) is -2.02. The van der Waals surface area contributed by atoms with E-state index in [0.29, 0.717) is 16.9 Å². The van der Waals surface area contributed by atoms with Gasteiger partial charge in [-0.15, -0.1) is 0 Å². The average molecular weight is 404 g/mol. The molecule has 0 bridgehead atoms. The Morgan fingerprint density at radius 2 is 1.68 bits per heavy atom. The lowest BCUT2D eigenvalue weighted by atomic mass is 9.79. The van der Waals surface area contributed by atoms with E-state index in [1.54, 1.807) is 20.1 Å². The Morgan fingerprint density at radius 1 is 1.07 bits per heavy atom. The zero-order chi connectivity index (χ0) is 21.1. The van der Waals surface area contributed by atoms with Crippen molar-refractivity contribution < 1.29 is 13.2 Å². The molecule has 4 nitrogen and oxygen atoms in total. The number of aryl methyl sites for hydroxylation is 1. The minimum atomic E-state index is -3.63. The third-order valence-electron chi connectivity index (χ3n) is 5.17. The Labute approximate surface area is 170 Å². The molecule has 0 unspecified atom stereocenters. The lowest BCUT2D eigenvalue weighted by Crippen LogP contribution is -2.37. The monoisotopic (exact) mass is 403 g/mol. The zero-order valence-electron chi connectivity index (χ0n) is 18.0. The van der Waals surface area contributed by atoms with Gasteiger partial charge in [-0.25, -0.2) is 13.1 Å². The second-order valence-corrected chi connectivity index (χ2v) is 10.2. The van der Waals surface area contributed by atoms with Gasteiger partial charge in [-0.05, 0) is 60.4 Å². The topological polar surface area (TPSA) is 55.4 Å². The van der Waals surface area contributed by atoms with Gasteiger partial charge in [0.2, 0.25) is 10.0 Å². The molecule has 28 heavy (non-hydrogen) atoms. The Bertz CT molecular complexity index is 903. The summed E-state index contributed by atoms with van der Waals surface area (Å²) in [5.74, 6) is 0.892. The molecule has 0 heterocycles. The van der Waals surface area contributed by atoms with Crippen LogP contribution in [-0.2, 0) is 15.4 Å². The summed E-state index contributed by atoms with van der Waals surface area (Å²) >= 11 is 0. The summed E-state index contributed by atoms with van der Waals surface area (Å²) in [6.07, 6.45) is 0.697. The van der Waals surface area contributed by atoms with E-state index in [4.69, 9.17) is 4.74 Å². The molecule has 1 atom stereocenters. The van der Waals surface area contributed by atoms with Crippen molar-refractivity contribution in [3.8, 4) is 5.75 Å². The van der Waals surface area contributed by atoms with Gasteiger partial charge < -0.3 is 4.74 Å². The highest BCUT2D eigenvalue weighted by atomic mass is 32.2. The Morgan fingerprint density at radius 3 is 2.21 bits per heavy atom. The van der Waals surface area contributed by atoms with Crippen molar-refractivity contribution in [3.63, 3.8) is 0 Å². The molecule has 0 saturated heterocycles. The van der Waals surface area contributed by atoms with Crippen LogP contribution >= 0.6 is 0 Å². The third-order valence-corrected chi connectivity index (χ3v) is 6.90. The first-order valence-corrected chi connectivity index (χ1v) is 11.2. The van der Waals surface area contributed by atoms with Gasteiger partial charge in [0.05, 0.1) is 12.0 Å². The van der Waals surface area contributed by atoms with E-state index in [-0.39, 0.29) is 17.4 Å². The quantitative estimate of drug-likeness (QED) is 0.662. The molecule has 0 aliphatic rings. The first-order valence-electron chi connectivity index (χ1n) is 9.74. The number of rotatable bonds is 8. The fourth-order valence-corrected chi connectivity index (χ4v) is 5.24. The van der Waals surface area contributed by atoms with Crippen LogP contribution in [0.15, 0.2) is 47.4 Å². The summed E-state index contributed by atoms with van der Waals surface area (Å²) in [6.45, 7) is 12.1. The van der Waals surface area contributed by atoms with Crippen LogP contribution in [0.4, 0.5) is 0 Å². The van der Waals surface area contributed by atoms with Crippen LogP contribution in [0.5, 0.6) is 5.75 Å². The molecule has 154 valence electrons. The van der Waals surface area contributed by atoms with Crippen molar-refractivity contribution in [1.29, 1.82) is 0 Å². The first-order chi connectivity index (χ1) is 13.0. The van der Waals surface area contributed by atoms with Crippen LogP contribution in [0.3, 0.4) is 0 Å². The van der Waals surface area contributed by atoms with E-state index in [9.17, 15) is 8.42 Å². The van der Waals surface area contributed by atoms with Crippen molar-refractivity contribution in [2.75, 3.05) is 7.11 Å². The van der Waals surface area contributed by atoms with Gasteiger partial charge in [-0.3, -0.25) is 0 Å². The zero-order valence-corrected chi connectivity index (χ0v) is 18.9. The second kappa shape index (κ2) is 8.66. The number of hydrogen-bond donors (Lipinski definition) is 1. The SMILES string of the molecule is COc1cc(C)c(S(=O)(=O)N[C@H](C)CC(C)(C)c2ccccc2)cc1C(C)C. The molecular formula is C23H33NO3S. The summed E-state index contributed by atoms with van der Waals surface area (Å²) in [4.78, 5) is 0.321. The summed E-state index contributed by atoms with van der Waals surface area (Å²) < 4.78 is 34.5. The molecule has 0 amide bonds. The highest BCUT2D eigenvalue weighted by Gasteiger charge is 2.27. The molecule has 5 heteroatoms. The minimum Gasteiger partial charge on any atom is -0.496 e. The van der Waals surface area contributed by atoms with Gasteiger partial charge in [0.25, 0.3) is 0 Å². The molecule has 0 saturated carbocycles. The van der Waals surface area contributed by atoms with E-state index in [1.807, 2.05) is 45.0 Å². The molecule has 2 rings (SSSR count). The predicted molar refractivity (Wildman–Crippen MR) is 116 cm³/mol. The Balaban J connectivity index is 2.27. The highest BCUT2D eigenvalue weighted by molar-refractivity contribution is 7.89. The number of ether oxygens (including phenoxy) is 1. The fourth-order valence-electron chi connectivity index (χ4n) is 3.74. The second-order valence-electron chi connectivity index (χ2n) is 8.49. The van der Waals surface area contributed by atoms with Crippen molar-refractivity contribution >= 4 is 10.0 Å². The molecule has 0 aliphatic carbocycles. The molecular weight excluding hydrogens is 370 g/mol. The fraction of sp³-hybridized carbons (Fsp3) is 0.478. The maximum atomic E-state index is 13.1. The molecule has 1 N–H and O–H groups in total. The number of hydrogen-bond acceptors (Lipinski definition) is 3. The first kappa shape index (κ1) is 22.4. The van der Waals surface area contributed by atoms with Crippen LogP contribution in [0.1, 0.15) is 63.6 Å². The molecule has 2 aromatic carbocycles. The van der Waals surface area contributed by atoms with Crippen molar-refractivity contribution in [1.82, 2.24) is 4.72 Å². The smallest absolute Gasteiger partial charge is 0.241 e. The van der Waals surface area contributed by atoms with Crippen LogP contribution < -0.4 is 9.46 Å². The van der Waals surface area contributed by atoms with Gasteiger partial charge in [0.1, 0.15) is 5.75 Å². The lowest BCUT2D eigenvalue weighted by Gasteiger charge is -2.29. The maximum absolute atomic E-state index is 13.1. The van der Waals surface area contributed by atoms with Gasteiger partial charge in [-0.1, -0.05) is 58.0 Å². The standard InChI is InChI=1S/C23H33NO3S/c1-16(2)20-14-22(17(3)13-21(20)27-7)28(25,26)24-18(4)15-23(5,6)19-11-9-8-10-12-19/h8-14,16,18,24H,15H2,1-7H3/t18-/m1/s1. The molecule has 2 aromatic rings. The normalized spacial score (nSPS) is 13.6. The van der Waals surface area contributed by atoms with Crippen molar-refractivity contribution in [2.45, 2.75) is 70.2 Å². The largest absolute Gasteiger partial charge is 0.496 e. The maximum Gasteiger partial charge on any atom is 0.241 e. The average Bonchev–Trinajstić information content (AvgIpc) is 2.60. The Hall–Kier alpha value is -1.85. The van der Waals surface area contributed by atoms with Gasteiger partial charge in [-0.2, -0.15) is 0 Å². The van der Waals surface area contributed by atoms with Gasteiger partial charge in [0, 0.05) is 6.04 Å². The summed E-state index contributed by atoms with van der Waals surface area (Å²) in [6, 6.07) is 13.5. The van der Waals surface area contributed by atoms with Crippen LogP contribution in [0.2, 0.25) is 0 Å². The molecule has 0 aliphatic heterocycles. The van der Waals surface area contributed by atoms with E-state index >= 15 is 0 Å². The van der Waals surface area contributed by atoms with Crippen LogP contribution in [0, 0.1) is 6.92 Å². The highest BCUT2D eigenvalue weighted by Crippen LogP contribution is 2.32. The lowest BCUT2D eigenvalue weighted by molar-refractivity contribution is 0.406. The number of benzene rings is 2. The van der Waals surface area contributed by atoms with Crippen LogP contribution in [-0.4, -0.2) is 21.6 Å². The summed E-state index contributed by atoms with van der Waals surface area (Å²) in [5, 5.41) is 0. The van der Waals surface area contributed by atoms with Gasteiger partial charge in [0.15, 0.2) is 0 Å².